The lowest BCUT2D eigenvalue weighted by molar-refractivity contribution is 0.119. The predicted octanol–water partition coefficient (Wildman–Crippen LogP) is 4.49. The number of phenols is 2. The topological polar surface area (TPSA) is 58.9 Å². The van der Waals surface area contributed by atoms with Crippen molar-refractivity contribution in [1.82, 2.24) is 0 Å². The summed E-state index contributed by atoms with van der Waals surface area (Å²) < 4.78 is 11.0. The van der Waals surface area contributed by atoms with Crippen LogP contribution in [0.25, 0.3) is 0 Å². The third-order valence-corrected chi connectivity index (χ3v) is 3.55. The number of hydrogen-bond acceptors (Lipinski definition) is 4. The standard InChI is InChI=1S/C18H28O4/c1-8-11(2)9-10-13-12(3)14(19)17(22-18(4,5)6)16(21-7)15(13)20/h9,19-20H,8,10H2,1-7H3/b11-9+. The SMILES string of the molecule is CC/C(C)=C/Cc1c(C)c(O)c(OC(C)(C)C)c(OC)c1O. The Labute approximate surface area is 133 Å². The van der Waals surface area contributed by atoms with E-state index in [0.29, 0.717) is 17.5 Å². The van der Waals surface area contributed by atoms with Crippen LogP contribution in [-0.4, -0.2) is 22.9 Å². The molecular weight excluding hydrogens is 280 g/mol. The molecular formula is C18H28O4. The Morgan fingerprint density at radius 3 is 2.18 bits per heavy atom. The third kappa shape index (κ3) is 4.09. The van der Waals surface area contributed by atoms with Crippen molar-refractivity contribution in [1.29, 1.82) is 0 Å². The molecule has 124 valence electrons. The first-order chi connectivity index (χ1) is 10.1. The lowest BCUT2D eigenvalue weighted by Gasteiger charge is -2.25. The molecule has 22 heavy (non-hydrogen) atoms. The summed E-state index contributed by atoms with van der Waals surface area (Å²) in [7, 11) is 1.45. The van der Waals surface area contributed by atoms with E-state index in [1.54, 1.807) is 6.92 Å². The van der Waals surface area contributed by atoms with Crippen molar-refractivity contribution in [2.45, 2.75) is 60.0 Å². The summed E-state index contributed by atoms with van der Waals surface area (Å²) in [5, 5.41) is 21.0. The second-order valence-corrected chi connectivity index (χ2v) is 6.49. The summed E-state index contributed by atoms with van der Waals surface area (Å²) in [5.41, 5.74) is 1.98. The number of allylic oxidation sites excluding steroid dienone is 2. The largest absolute Gasteiger partial charge is 0.504 e. The zero-order chi connectivity index (χ0) is 17.1. The molecule has 0 aliphatic carbocycles. The number of benzene rings is 1. The molecule has 0 fully saturated rings. The predicted molar refractivity (Wildman–Crippen MR) is 89.2 cm³/mol. The fraction of sp³-hybridized carbons (Fsp3) is 0.556. The highest BCUT2D eigenvalue weighted by atomic mass is 16.5. The smallest absolute Gasteiger partial charge is 0.208 e. The van der Waals surface area contributed by atoms with Crippen molar-refractivity contribution >= 4 is 0 Å². The van der Waals surface area contributed by atoms with Gasteiger partial charge in [-0.1, -0.05) is 18.6 Å². The molecule has 0 saturated carbocycles. The van der Waals surface area contributed by atoms with Crippen LogP contribution in [0.15, 0.2) is 11.6 Å². The highest BCUT2D eigenvalue weighted by Gasteiger charge is 2.26. The number of ether oxygens (including phenoxy) is 2. The van der Waals surface area contributed by atoms with E-state index >= 15 is 0 Å². The molecule has 1 rings (SSSR count). The van der Waals surface area contributed by atoms with Crippen LogP contribution in [0.3, 0.4) is 0 Å². The Morgan fingerprint density at radius 2 is 1.73 bits per heavy atom. The molecule has 0 aliphatic heterocycles. The van der Waals surface area contributed by atoms with Crippen LogP contribution >= 0.6 is 0 Å². The Hall–Kier alpha value is -1.84. The average Bonchev–Trinajstić information content (AvgIpc) is 2.43. The fourth-order valence-corrected chi connectivity index (χ4v) is 2.10. The maximum Gasteiger partial charge on any atom is 0.208 e. The molecule has 1 aromatic rings. The summed E-state index contributed by atoms with van der Waals surface area (Å²) in [6, 6.07) is 0. The van der Waals surface area contributed by atoms with Crippen LogP contribution in [0, 0.1) is 6.92 Å². The molecule has 0 unspecified atom stereocenters. The molecule has 4 nitrogen and oxygen atoms in total. The van der Waals surface area contributed by atoms with Crippen LogP contribution in [0.1, 0.15) is 52.2 Å². The van der Waals surface area contributed by atoms with Crippen LogP contribution in [-0.2, 0) is 6.42 Å². The van der Waals surface area contributed by atoms with Crippen LogP contribution in [0.2, 0.25) is 0 Å². The maximum absolute atomic E-state index is 10.5. The minimum absolute atomic E-state index is 0.0159. The van der Waals surface area contributed by atoms with Gasteiger partial charge in [0.15, 0.2) is 11.5 Å². The molecule has 0 saturated heterocycles. The fourth-order valence-electron chi connectivity index (χ4n) is 2.10. The second kappa shape index (κ2) is 6.95. The van der Waals surface area contributed by atoms with Gasteiger partial charge in [-0.2, -0.15) is 0 Å². The van der Waals surface area contributed by atoms with Crippen molar-refractivity contribution in [2.75, 3.05) is 7.11 Å². The number of aromatic hydroxyl groups is 2. The Kier molecular flexibility index (Phi) is 5.75. The first kappa shape index (κ1) is 18.2. The normalized spacial score (nSPS) is 12.4. The van der Waals surface area contributed by atoms with Gasteiger partial charge in [0, 0.05) is 11.1 Å². The van der Waals surface area contributed by atoms with E-state index in [2.05, 4.69) is 6.92 Å². The molecule has 0 atom stereocenters. The number of rotatable bonds is 5. The van der Waals surface area contributed by atoms with E-state index in [1.165, 1.54) is 12.7 Å². The van der Waals surface area contributed by atoms with Crippen molar-refractivity contribution in [3.63, 3.8) is 0 Å². The summed E-state index contributed by atoms with van der Waals surface area (Å²) in [6.45, 7) is 11.5. The molecule has 0 radical (unpaired) electrons. The molecule has 0 aliphatic rings. The summed E-state index contributed by atoms with van der Waals surface area (Å²) in [5.74, 6) is 0.403. The van der Waals surface area contributed by atoms with Gasteiger partial charge in [0.05, 0.1) is 7.11 Å². The quantitative estimate of drug-likeness (QED) is 0.621. The van der Waals surface area contributed by atoms with E-state index in [-0.39, 0.29) is 23.0 Å². The van der Waals surface area contributed by atoms with Gasteiger partial charge in [-0.3, -0.25) is 0 Å². The number of hydrogen-bond donors (Lipinski definition) is 2. The van der Waals surface area contributed by atoms with Gasteiger partial charge < -0.3 is 19.7 Å². The molecule has 0 aromatic heterocycles. The van der Waals surface area contributed by atoms with Crippen molar-refractivity contribution in [3.05, 3.63) is 22.8 Å². The van der Waals surface area contributed by atoms with E-state index in [4.69, 9.17) is 9.47 Å². The molecule has 4 heteroatoms. The van der Waals surface area contributed by atoms with Gasteiger partial charge in [0.2, 0.25) is 11.5 Å². The van der Waals surface area contributed by atoms with Gasteiger partial charge in [-0.25, -0.2) is 0 Å². The summed E-state index contributed by atoms with van der Waals surface area (Å²) >= 11 is 0. The molecule has 0 amide bonds. The lowest BCUT2D eigenvalue weighted by atomic mass is 9.99. The van der Waals surface area contributed by atoms with E-state index in [1.807, 2.05) is 33.8 Å². The summed E-state index contributed by atoms with van der Waals surface area (Å²) in [4.78, 5) is 0. The van der Waals surface area contributed by atoms with Crippen LogP contribution in [0.5, 0.6) is 23.0 Å². The zero-order valence-electron chi connectivity index (χ0n) is 14.7. The number of methoxy groups -OCH3 is 1. The third-order valence-electron chi connectivity index (χ3n) is 3.55. The van der Waals surface area contributed by atoms with E-state index in [0.717, 1.165) is 6.42 Å². The average molecular weight is 308 g/mol. The van der Waals surface area contributed by atoms with E-state index in [9.17, 15) is 10.2 Å². The second-order valence-electron chi connectivity index (χ2n) is 6.49. The maximum atomic E-state index is 10.5. The minimum Gasteiger partial charge on any atom is -0.504 e. The monoisotopic (exact) mass is 308 g/mol. The highest BCUT2D eigenvalue weighted by molar-refractivity contribution is 5.66. The highest BCUT2D eigenvalue weighted by Crippen LogP contribution is 2.49. The first-order valence-electron chi connectivity index (χ1n) is 7.58. The van der Waals surface area contributed by atoms with Gasteiger partial charge in [0.1, 0.15) is 5.60 Å². The Bertz CT molecular complexity index is 566. The Morgan fingerprint density at radius 1 is 1.14 bits per heavy atom. The number of phenolic OH excluding ortho intramolecular Hbond substituents is 2. The van der Waals surface area contributed by atoms with Crippen molar-refractivity contribution in [2.24, 2.45) is 0 Å². The minimum atomic E-state index is -0.510. The molecule has 1 aromatic carbocycles. The summed E-state index contributed by atoms with van der Waals surface area (Å²) in [6.07, 6.45) is 3.54. The zero-order valence-corrected chi connectivity index (χ0v) is 14.7. The first-order valence-corrected chi connectivity index (χ1v) is 7.58. The van der Waals surface area contributed by atoms with Crippen LogP contribution < -0.4 is 9.47 Å². The van der Waals surface area contributed by atoms with E-state index < -0.39 is 5.60 Å². The Balaban J connectivity index is 3.43. The van der Waals surface area contributed by atoms with Gasteiger partial charge in [0.25, 0.3) is 0 Å². The lowest BCUT2D eigenvalue weighted by Crippen LogP contribution is -2.23. The van der Waals surface area contributed by atoms with Crippen molar-refractivity contribution in [3.8, 4) is 23.0 Å². The van der Waals surface area contributed by atoms with Gasteiger partial charge >= 0.3 is 0 Å². The molecule has 0 spiro atoms. The van der Waals surface area contributed by atoms with Crippen molar-refractivity contribution < 1.29 is 19.7 Å². The molecule has 0 bridgehead atoms. The van der Waals surface area contributed by atoms with Gasteiger partial charge in [-0.05, 0) is 47.5 Å². The van der Waals surface area contributed by atoms with Gasteiger partial charge in [-0.15, -0.1) is 0 Å². The molecule has 2 N–H and O–H groups in total. The van der Waals surface area contributed by atoms with Crippen LogP contribution in [0.4, 0.5) is 0 Å². The molecule has 0 heterocycles.